The van der Waals surface area contributed by atoms with Crippen LogP contribution in [0.2, 0.25) is 0 Å². The zero-order chi connectivity index (χ0) is 24.1. The molecule has 1 aromatic heterocycles. The summed E-state index contributed by atoms with van der Waals surface area (Å²) >= 11 is 0. The van der Waals surface area contributed by atoms with E-state index in [1.165, 1.54) is 12.5 Å². The van der Waals surface area contributed by atoms with E-state index < -0.39 is 15.9 Å². The van der Waals surface area contributed by atoms with Gasteiger partial charge in [0.1, 0.15) is 12.4 Å². The van der Waals surface area contributed by atoms with Crippen molar-refractivity contribution in [1.82, 2.24) is 9.88 Å². The average Bonchev–Trinajstić information content (AvgIpc) is 3.38. The summed E-state index contributed by atoms with van der Waals surface area (Å²) in [5.41, 5.74) is 3.57. The number of likely N-dealkylation sites (tertiary alicyclic amines) is 1. The van der Waals surface area contributed by atoms with Gasteiger partial charge in [0.25, 0.3) is 0 Å². The number of cyclic esters (lactones) is 1. The number of rotatable bonds is 5. The van der Waals surface area contributed by atoms with Crippen molar-refractivity contribution in [2.45, 2.75) is 43.8 Å². The highest BCUT2D eigenvalue weighted by Crippen LogP contribution is 2.42. The topological polar surface area (TPSA) is 100 Å². The molecule has 182 valence electrons. The molecular weight excluding hydrogens is 454 g/mol. The molecule has 1 aromatic carbocycles. The number of carbonyl (C=O) groups is 1. The van der Waals surface area contributed by atoms with Gasteiger partial charge in [-0.25, -0.2) is 18.2 Å². The molecule has 5 rings (SSSR count). The van der Waals surface area contributed by atoms with Gasteiger partial charge in [0.2, 0.25) is 0 Å². The Morgan fingerprint density at radius 1 is 1.15 bits per heavy atom. The molecule has 2 aromatic rings. The Hall–Kier alpha value is -2.49. The van der Waals surface area contributed by atoms with Gasteiger partial charge in [-0.05, 0) is 67.5 Å². The normalized spacial score (nSPS) is 21.0. The Bertz CT molecular complexity index is 1200. The number of hydrogen-bond acceptors (Lipinski definition) is 8. The van der Waals surface area contributed by atoms with E-state index in [0.717, 1.165) is 67.9 Å². The van der Waals surface area contributed by atoms with Crippen molar-refractivity contribution in [3.63, 3.8) is 0 Å². The molecule has 2 saturated heterocycles. The molecule has 0 radical (unpaired) electrons. The molecule has 4 heterocycles. The Labute approximate surface area is 200 Å². The van der Waals surface area contributed by atoms with E-state index in [9.17, 15) is 18.3 Å². The fourth-order valence-corrected chi connectivity index (χ4v) is 6.21. The lowest BCUT2D eigenvalue weighted by Gasteiger charge is -2.40. The quantitative estimate of drug-likeness (QED) is 0.645. The van der Waals surface area contributed by atoms with Crippen LogP contribution in [-0.4, -0.2) is 68.4 Å². The summed E-state index contributed by atoms with van der Waals surface area (Å²) in [6.07, 6.45) is 5.24. The Kier molecular flexibility index (Phi) is 5.90. The van der Waals surface area contributed by atoms with Crippen molar-refractivity contribution in [3.8, 4) is 0 Å². The summed E-state index contributed by atoms with van der Waals surface area (Å²) < 4.78 is 28.5. The van der Waals surface area contributed by atoms with Gasteiger partial charge < -0.3 is 14.7 Å². The zero-order valence-corrected chi connectivity index (χ0v) is 20.5. The smallest absolute Gasteiger partial charge is 0.338 e. The third-order valence-electron chi connectivity index (χ3n) is 7.81. The molecule has 0 bridgehead atoms. The van der Waals surface area contributed by atoms with Gasteiger partial charge in [0.15, 0.2) is 9.84 Å². The SMILES string of the molecule is Cc1c([C@@H](O)CN2CCC3(CCN(c4ccc(S(C)(=O)=O)cn4)CC3)C2)ccc2c1COC2=O. The number of hydrogen-bond donors (Lipinski definition) is 1. The highest BCUT2D eigenvalue weighted by molar-refractivity contribution is 7.90. The number of aromatic nitrogens is 1. The lowest BCUT2D eigenvalue weighted by atomic mass is 9.78. The second kappa shape index (κ2) is 8.62. The van der Waals surface area contributed by atoms with Crippen molar-refractivity contribution < 1.29 is 23.1 Å². The molecule has 34 heavy (non-hydrogen) atoms. The van der Waals surface area contributed by atoms with Crippen LogP contribution >= 0.6 is 0 Å². The van der Waals surface area contributed by atoms with E-state index >= 15 is 0 Å². The number of carbonyl (C=O) groups excluding carboxylic acids is 1. The number of aliphatic hydroxyl groups is 1. The molecule has 1 spiro atoms. The number of benzene rings is 1. The highest BCUT2D eigenvalue weighted by atomic mass is 32.2. The first kappa shape index (κ1) is 23.3. The van der Waals surface area contributed by atoms with Gasteiger partial charge in [0.05, 0.1) is 16.6 Å². The fourth-order valence-electron chi connectivity index (χ4n) is 5.65. The molecule has 0 saturated carbocycles. The molecule has 3 aliphatic heterocycles. The van der Waals surface area contributed by atoms with E-state index in [1.807, 2.05) is 13.0 Å². The van der Waals surface area contributed by atoms with E-state index in [-0.39, 0.29) is 22.9 Å². The first-order valence-corrected chi connectivity index (χ1v) is 13.7. The van der Waals surface area contributed by atoms with Crippen LogP contribution in [0.1, 0.15) is 52.4 Å². The Balaban J connectivity index is 1.19. The van der Waals surface area contributed by atoms with Gasteiger partial charge >= 0.3 is 5.97 Å². The van der Waals surface area contributed by atoms with Crippen LogP contribution in [0.25, 0.3) is 0 Å². The summed E-state index contributed by atoms with van der Waals surface area (Å²) in [6, 6.07) is 7.05. The summed E-state index contributed by atoms with van der Waals surface area (Å²) in [6.45, 7) is 6.52. The lowest BCUT2D eigenvalue weighted by molar-refractivity contribution is 0.0535. The Morgan fingerprint density at radius 2 is 1.88 bits per heavy atom. The van der Waals surface area contributed by atoms with E-state index in [4.69, 9.17) is 4.74 Å². The minimum absolute atomic E-state index is 0.243. The summed E-state index contributed by atoms with van der Waals surface area (Å²) in [5.74, 6) is 0.538. The zero-order valence-electron chi connectivity index (χ0n) is 19.7. The summed E-state index contributed by atoms with van der Waals surface area (Å²) in [4.78, 5) is 21.0. The minimum Gasteiger partial charge on any atom is -0.457 e. The number of sulfone groups is 1. The number of anilines is 1. The first-order valence-electron chi connectivity index (χ1n) is 11.8. The molecule has 0 unspecified atom stereocenters. The molecule has 0 amide bonds. The standard InChI is InChI=1S/C25H31N3O5S/c1-17-19(4-5-20-21(17)15-33-24(20)30)22(29)14-27-10-7-25(16-27)8-11-28(12-9-25)23-6-3-18(13-26-23)34(2,31)32/h3-6,13,22,29H,7-12,14-16H2,1-2H3/t22-/m0/s1. The van der Waals surface area contributed by atoms with Crippen LogP contribution in [0.5, 0.6) is 0 Å². The number of aliphatic hydroxyl groups excluding tert-OH is 1. The first-order chi connectivity index (χ1) is 16.2. The second-order valence-electron chi connectivity index (χ2n) is 9.99. The van der Waals surface area contributed by atoms with E-state index in [2.05, 4.69) is 14.8 Å². The third-order valence-corrected chi connectivity index (χ3v) is 8.91. The fraction of sp³-hybridized carbons (Fsp3) is 0.520. The van der Waals surface area contributed by atoms with Gasteiger partial charge in [-0.3, -0.25) is 4.90 Å². The van der Waals surface area contributed by atoms with E-state index in [1.54, 1.807) is 18.2 Å². The predicted octanol–water partition coefficient (Wildman–Crippen LogP) is 2.49. The van der Waals surface area contributed by atoms with Crippen LogP contribution in [0, 0.1) is 12.3 Å². The molecule has 1 N–H and O–H groups in total. The third kappa shape index (κ3) is 4.32. The van der Waals surface area contributed by atoms with Crippen LogP contribution in [0.4, 0.5) is 5.82 Å². The van der Waals surface area contributed by atoms with Crippen molar-refractivity contribution in [1.29, 1.82) is 0 Å². The molecular formula is C25H31N3O5S. The second-order valence-corrected chi connectivity index (χ2v) is 12.0. The molecule has 3 aliphatic rings. The van der Waals surface area contributed by atoms with Gasteiger partial charge in [-0.15, -0.1) is 0 Å². The van der Waals surface area contributed by atoms with Crippen LogP contribution < -0.4 is 4.90 Å². The van der Waals surface area contributed by atoms with Crippen LogP contribution in [0.15, 0.2) is 35.4 Å². The van der Waals surface area contributed by atoms with Crippen molar-refractivity contribution >= 4 is 21.6 Å². The van der Waals surface area contributed by atoms with E-state index in [0.29, 0.717) is 12.1 Å². The number of β-amino-alcohol motifs (C(OH)–C–C–N with tert-alkyl or cyclic N) is 1. The van der Waals surface area contributed by atoms with Crippen molar-refractivity contribution in [2.24, 2.45) is 5.41 Å². The minimum atomic E-state index is -3.24. The molecule has 9 heteroatoms. The molecule has 2 fully saturated rings. The van der Waals surface area contributed by atoms with Gasteiger partial charge in [-0.2, -0.15) is 0 Å². The number of nitrogens with zero attached hydrogens (tertiary/aromatic N) is 3. The summed E-state index contributed by atoms with van der Waals surface area (Å²) in [5, 5.41) is 11.0. The predicted molar refractivity (Wildman–Crippen MR) is 128 cm³/mol. The van der Waals surface area contributed by atoms with Crippen molar-refractivity contribution in [2.75, 3.05) is 43.9 Å². The number of piperidine rings is 1. The molecule has 1 atom stereocenters. The maximum absolute atomic E-state index is 11.8. The Morgan fingerprint density at radius 3 is 2.56 bits per heavy atom. The lowest BCUT2D eigenvalue weighted by Crippen LogP contribution is -2.42. The molecule has 0 aliphatic carbocycles. The average molecular weight is 486 g/mol. The van der Waals surface area contributed by atoms with Gasteiger partial charge in [0, 0.05) is 44.2 Å². The number of fused-ring (bicyclic) bond motifs is 1. The number of pyridine rings is 1. The number of esters is 1. The largest absolute Gasteiger partial charge is 0.457 e. The highest BCUT2D eigenvalue weighted by Gasteiger charge is 2.41. The number of ether oxygens (including phenoxy) is 1. The van der Waals surface area contributed by atoms with Crippen LogP contribution in [0.3, 0.4) is 0 Å². The monoisotopic (exact) mass is 485 g/mol. The van der Waals surface area contributed by atoms with Crippen molar-refractivity contribution in [3.05, 3.63) is 52.7 Å². The molecule has 8 nitrogen and oxygen atoms in total. The van der Waals surface area contributed by atoms with Gasteiger partial charge in [-0.1, -0.05) is 6.07 Å². The maximum atomic E-state index is 11.8. The maximum Gasteiger partial charge on any atom is 0.338 e. The van der Waals surface area contributed by atoms with Crippen LogP contribution in [-0.2, 0) is 21.2 Å². The summed E-state index contributed by atoms with van der Waals surface area (Å²) in [7, 11) is -3.24.